The van der Waals surface area contributed by atoms with Crippen molar-refractivity contribution in [1.29, 1.82) is 0 Å². The van der Waals surface area contributed by atoms with Gasteiger partial charge in [-0.15, -0.1) is 4.40 Å². The van der Waals surface area contributed by atoms with Crippen molar-refractivity contribution in [2.75, 3.05) is 19.8 Å². The van der Waals surface area contributed by atoms with E-state index < -0.39 is 15.8 Å². The number of hydrogen-bond donors (Lipinski definition) is 0. The van der Waals surface area contributed by atoms with E-state index in [1.807, 2.05) is 36.6 Å². The molecule has 0 aliphatic carbocycles. The van der Waals surface area contributed by atoms with Gasteiger partial charge in [0, 0.05) is 13.2 Å². The van der Waals surface area contributed by atoms with Gasteiger partial charge in [0.1, 0.15) is 11.6 Å². The Kier molecular flexibility index (Phi) is 6.48. The quantitative estimate of drug-likeness (QED) is 0.519. The third-order valence-electron chi connectivity index (χ3n) is 3.94. The molecule has 150 valence electrons. The summed E-state index contributed by atoms with van der Waals surface area (Å²) in [5.41, 5.74) is 0.848. The van der Waals surface area contributed by atoms with Crippen molar-refractivity contribution in [2.45, 2.75) is 25.3 Å². The number of ether oxygens (including phenoxy) is 2. The molecule has 0 aliphatic heterocycles. The van der Waals surface area contributed by atoms with Gasteiger partial charge in [-0.1, -0.05) is 11.3 Å². The summed E-state index contributed by atoms with van der Waals surface area (Å²) in [4.78, 5) is 0.269. The topological polar surface area (TPSA) is 69.9 Å². The molecule has 0 atom stereocenters. The second-order valence-electron chi connectivity index (χ2n) is 5.82. The summed E-state index contributed by atoms with van der Waals surface area (Å²) in [6.45, 7) is 5.79. The maximum Gasteiger partial charge on any atom is 0.285 e. The van der Waals surface area contributed by atoms with Gasteiger partial charge in [0.15, 0.2) is 0 Å². The van der Waals surface area contributed by atoms with Crippen LogP contribution in [0, 0.1) is 5.82 Å². The van der Waals surface area contributed by atoms with Crippen LogP contribution in [-0.4, -0.2) is 32.8 Å². The Bertz CT molecular complexity index is 1120. The first-order valence-corrected chi connectivity index (χ1v) is 11.1. The van der Waals surface area contributed by atoms with Gasteiger partial charge >= 0.3 is 0 Å². The third-order valence-corrected chi connectivity index (χ3v) is 6.38. The molecule has 2 aromatic carbocycles. The molecule has 0 radical (unpaired) electrons. The number of benzene rings is 2. The minimum Gasteiger partial charge on any atom is -0.494 e. The van der Waals surface area contributed by atoms with E-state index in [2.05, 4.69) is 4.40 Å². The fourth-order valence-corrected chi connectivity index (χ4v) is 4.95. The van der Waals surface area contributed by atoms with E-state index in [-0.39, 0.29) is 4.90 Å². The van der Waals surface area contributed by atoms with E-state index in [0.29, 0.717) is 36.9 Å². The van der Waals surface area contributed by atoms with Crippen LogP contribution in [0.25, 0.3) is 10.2 Å². The number of halogens is 1. The minimum atomic E-state index is -3.98. The molecule has 0 N–H and O–H groups in total. The largest absolute Gasteiger partial charge is 0.494 e. The van der Waals surface area contributed by atoms with Gasteiger partial charge in [-0.25, -0.2) is 4.39 Å². The van der Waals surface area contributed by atoms with Crippen LogP contribution in [0.15, 0.2) is 51.8 Å². The van der Waals surface area contributed by atoms with Gasteiger partial charge in [0.05, 0.1) is 28.3 Å². The monoisotopic (exact) mass is 424 g/mol. The highest BCUT2D eigenvalue weighted by Gasteiger charge is 2.15. The van der Waals surface area contributed by atoms with E-state index >= 15 is 0 Å². The number of aromatic nitrogens is 1. The van der Waals surface area contributed by atoms with Gasteiger partial charge in [0.25, 0.3) is 10.0 Å². The van der Waals surface area contributed by atoms with E-state index in [9.17, 15) is 12.8 Å². The summed E-state index contributed by atoms with van der Waals surface area (Å²) in [6, 6.07) is 10.2. The Morgan fingerprint density at radius 1 is 1.11 bits per heavy atom. The van der Waals surface area contributed by atoms with Gasteiger partial charge in [0.2, 0.25) is 4.80 Å². The number of hydrogen-bond acceptors (Lipinski definition) is 5. The lowest BCUT2D eigenvalue weighted by atomic mass is 10.3. The Balaban J connectivity index is 2.12. The predicted molar refractivity (Wildman–Crippen MR) is 107 cm³/mol. The normalized spacial score (nSPS) is 12.6. The molecule has 1 aromatic heterocycles. The van der Waals surface area contributed by atoms with Gasteiger partial charge in [-0.3, -0.25) is 0 Å². The number of sulfonamides is 1. The number of rotatable bonds is 8. The zero-order valence-corrected chi connectivity index (χ0v) is 17.2. The van der Waals surface area contributed by atoms with Crippen molar-refractivity contribution in [3.63, 3.8) is 0 Å². The maximum atomic E-state index is 13.1. The van der Waals surface area contributed by atoms with Crippen molar-refractivity contribution in [1.82, 2.24) is 4.57 Å². The van der Waals surface area contributed by atoms with E-state index in [4.69, 9.17) is 9.47 Å². The van der Waals surface area contributed by atoms with Gasteiger partial charge in [-0.05, 0) is 56.3 Å². The first-order valence-electron chi connectivity index (χ1n) is 8.85. The Morgan fingerprint density at radius 3 is 2.54 bits per heavy atom. The van der Waals surface area contributed by atoms with Crippen LogP contribution in [0.4, 0.5) is 4.39 Å². The van der Waals surface area contributed by atoms with Crippen molar-refractivity contribution < 1.29 is 22.3 Å². The second kappa shape index (κ2) is 8.85. The van der Waals surface area contributed by atoms with Crippen molar-refractivity contribution in [3.8, 4) is 5.75 Å². The molecule has 3 rings (SSSR count). The molecule has 6 nitrogen and oxygen atoms in total. The molecular weight excluding hydrogens is 403 g/mol. The zero-order valence-electron chi connectivity index (χ0n) is 15.6. The van der Waals surface area contributed by atoms with Crippen LogP contribution in [-0.2, 0) is 21.3 Å². The van der Waals surface area contributed by atoms with Gasteiger partial charge in [-0.2, -0.15) is 8.42 Å². The van der Waals surface area contributed by atoms with Crippen LogP contribution < -0.4 is 9.54 Å². The summed E-state index contributed by atoms with van der Waals surface area (Å²) < 4.78 is 56.1. The number of fused-ring (bicyclic) bond motifs is 1. The molecule has 0 amide bonds. The molecule has 3 aromatic rings. The summed E-state index contributed by atoms with van der Waals surface area (Å²) in [5, 5.41) is 0. The van der Waals surface area contributed by atoms with E-state index in [1.165, 1.54) is 23.5 Å². The van der Waals surface area contributed by atoms with Crippen molar-refractivity contribution in [2.24, 2.45) is 4.40 Å². The number of nitrogens with zero attached hydrogens (tertiary/aromatic N) is 2. The molecule has 28 heavy (non-hydrogen) atoms. The zero-order chi connectivity index (χ0) is 20.1. The van der Waals surface area contributed by atoms with Crippen LogP contribution in [0.3, 0.4) is 0 Å². The minimum absolute atomic E-state index is 0.0577. The first kappa shape index (κ1) is 20.5. The average Bonchev–Trinajstić information content (AvgIpc) is 2.98. The summed E-state index contributed by atoms with van der Waals surface area (Å²) in [6.07, 6.45) is 0. The maximum absolute atomic E-state index is 13.1. The fourth-order valence-electron chi connectivity index (χ4n) is 2.66. The SMILES string of the molecule is CCOCCn1/c(=N/S(=O)(=O)c2ccc(F)cc2)sc2cc(OCC)ccc21. The van der Waals surface area contributed by atoms with Crippen LogP contribution in [0.2, 0.25) is 0 Å². The standard InChI is InChI=1S/C19H21FN2O4S2/c1-3-25-12-11-22-17-10-7-15(26-4-2)13-18(17)27-19(22)21-28(23,24)16-8-5-14(20)6-9-16/h5-10,13H,3-4,11-12H2,1-2H3/b21-19-. The van der Waals surface area contributed by atoms with Crippen LogP contribution in [0.5, 0.6) is 5.75 Å². The van der Waals surface area contributed by atoms with Crippen molar-refractivity contribution >= 4 is 31.6 Å². The molecule has 0 spiro atoms. The molecule has 0 saturated carbocycles. The molecule has 0 bridgehead atoms. The second-order valence-corrected chi connectivity index (χ2v) is 8.43. The fraction of sp³-hybridized carbons (Fsp3) is 0.316. The first-order chi connectivity index (χ1) is 13.4. The predicted octanol–water partition coefficient (Wildman–Crippen LogP) is 3.57. The van der Waals surface area contributed by atoms with E-state index in [1.54, 1.807) is 0 Å². The molecule has 9 heteroatoms. The third kappa shape index (κ3) is 4.60. The Hall–Kier alpha value is -2.23. The molecule has 1 heterocycles. The van der Waals surface area contributed by atoms with E-state index in [0.717, 1.165) is 22.3 Å². The summed E-state index contributed by atoms with van der Waals surface area (Å²) >= 11 is 1.25. The smallest absolute Gasteiger partial charge is 0.285 e. The Morgan fingerprint density at radius 2 is 1.86 bits per heavy atom. The summed E-state index contributed by atoms with van der Waals surface area (Å²) in [7, 11) is -3.98. The average molecular weight is 425 g/mol. The molecular formula is C19H21FN2O4S2. The highest BCUT2D eigenvalue weighted by molar-refractivity contribution is 7.90. The van der Waals surface area contributed by atoms with Crippen LogP contribution in [0.1, 0.15) is 13.8 Å². The highest BCUT2D eigenvalue weighted by Crippen LogP contribution is 2.24. The lowest BCUT2D eigenvalue weighted by Crippen LogP contribution is -2.19. The van der Waals surface area contributed by atoms with Crippen LogP contribution >= 0.6 is 11.3 Å². The molecule has 0 aliphatic rings. The lowest BCUT2D eigenvalue weighted by Gasteiger charge is -2.07. The Labute approximate surface area is 166 Å². The van der Waals surface area contributed by atoms with Gasteiger partial charge < -0.3 is 14.0 Å². The molecule has 0 fully saturated rings. The molecule has 0 unspecified atom stereocenters. The number of thiazole rings is 1. The van der Waals surface area contributed by atoms with Crippen molar-refractivity contribution in [3.05, 3.63) is 53.1 Å². The summed E-state index contributed by atoms with van der Waals surface area (Å²) in [5.74, 6) is 0.206. The molecule has 0 saturated heterocycles. The highest BCUT2D eigenvalue weighted by atomic mass is 32.2. The lowest BCUT2D eigenvalue weighted by molar-refractivity contribution is 0.139.